The molecule has 0 fully saturated rings. The lowest BCUT2D eigenvalue weighted by Crippen LogP contribution is -2.06. The van der Waals surface area contributed by atoms with Gasteiger partial charge in [0.05, 0.1) is 12.1 Å². The van der Waals surface area contributed by atoms with Crippen LogP contribution in [0.15, 0.2) is 41.2 Å². The molecule has 0 aliphatic heterocycles. The van der Waals surface area contributed by atoms with Crippen LogP contribution in [0, 0.1) is 0 Å². The lowest BCUT2D eigenvalue weighted by Gasteiger charge is -2.04. The van der Waals surface area contributed by atoms with Gasteiger partial charge < -0.3 is 9.52 Å². The molecule has 1 atom stereocenters. The van der Waals surface area contributed by atoms with E-state index in [9.17, 15) is 4.79 Å². The van der Waals surface area contributed by atoms with Gasteiger partial charge in [0.2, 0.25) is 5.89 Å². The van der Waals surface area contributed by atoms with Crippen LogP contribution < -0.4 is 0 Å². The molecule has 2 aromatic heterocycles. The first-order valence-corrected chi connectivity index (χ1v) is 6.05. The predicted octanol–water partition coefficient (Wildman–Crippen LogP) is 2.47. The van der Waals surface area contributed by atoms with Crippen LogP contribution in [0.4, 0.5) is 0 Å². The van der Waals surface area contributed by atoms with Crippen molar-refractivity contribution in [3.05, 3.63) is 42.4 Å². The molecule has 2 heterocycles. The van der Waals surface area contributed by atoms with Gasteiger partial charge in [-0.25, -0.2) is 9.97 Å². The summed E-state index contributed by atoms with van der Waals surface area (Å²) in [4.78, 5) is 23.4. The van der Waals surface area contributed by atoms with Crippen molar-refractivity contribution in [2.24, 2.45) is 0 Å². The number of hydrogen-bond acceptors (Lipinski definition) is 5. The predicted molar refractivity (Wildman–Crippen MR) is 71.1 cm³/mol. The summed E-state index contributed by atoms with van der Waals surface area (Å²) in [7, 11) is 0. The summed E-state index contributed by atoms with van der Waals surface area (Å²) < 4.78 is 5.59. The quantitative estimate of drug-likeness (QED) is 0.785. The van der Waals surface area contributed by atoms with Gasteiger partial charge in [0, 0.05) is 12.4 Å². The monoisotopic (exact) mass is 269 g/mol. The van der Waals surface area contributed by atoms with Gasteiger partial charge in [-0.05, 0) is 24.6 Å². The molecule has 3 rings (SSSR count). The summed E-state index contributed by atoms with van der Waals surface area (Å²) in [6.07, 6.45) is 4.69. The van der Waals surface area contributed by atoms with E-state index in [1.54, 1.807) is 43.7 Å². The van der Waals surface area contributed by atoms with Gasteiger partial charge in [-0.1, -0.05) is 6.07 Å². The van der Waals surface area contributed by atoms with Gasteiger partial charge in [0.1, 0.15) is 11.2 Å². The molecule has 6 heteroatoms. The molecule has 0 amide bonds. The maximum Gasteiger partial charge on any atom is 0.310 e. The highest BCUT2D eigenvalue weighted by atomic mass is 16.4. The second kappa shape index (κ2) is 4.73. The molecule has 0 aliphatic rings. The van der Waals surface area contributed by atoms with Crippen LogP contribution in [0.5, 0.6) is 0 Å². The fourth-order valence-electron chi connectivity index (χ4n) is 1.88. The number of carboxylic acids is 1. The summed E-state index contributed by atoms with van der Waals surface area (Å²) in [6.45, 7) is 1.63. The Hall–Kier alpha value is -2.76. The van der Waals surface area contributed by atoms with Crippen LogP contribution in [0.25, 0.3) is 22.7 Å². The minimum absolute atomic E-state index is 0.369. The Labute approximate surface area is 114 Å². The van der Waals surface area contributed by atoms with Crippen LogP contribution in [0.2, 0.25) is 0 Å². The van der Waals surface area contributed by atoms with Crippen molar-refractivity contribution < 1.29 is 14.3 Å². The Balaban J connectivity index is 2.06. The van der Waals surface area contributed by atoms with E-state index in [1.165, 1.54) is 0 Å². The Morgan fingerprint density at radius 2 is 2.20 bits per heavy atom. The standard InChI is InChI=1S/C14H11N3O3/c1-8(14(18)19)9-2-3-12-10(6-9)17-13(20-12)11-7-15-4-5-16-11/h2-8H,1H3,(H,18,19). The average Bonchev–Trinajstić information content (AvgIpc) is 2.90. The number of carbonyl (C=O) groups is 1. The van der Waals surface area contributed by atoms with Crippen molar-refractivity contribution in [1.82, 2.24) is 15.0 Å². The number of aliphatic carboxylic acids is 1. The van der Waals surface area contributed by atoms with Gasteiger partial charge >= 0.3 is 5.97 Å². The third kappa shape index (κ3) is 2.11. The molecule has 0 spiro atoms. The number of benzene rings is 1. The molecule has 6 nitrogen and oxygen atoms in total. The van der Waals surface area contributed by atoms with E-state index in [2.05, 4.69) is 15.0 Å². The molecule has 1 aromatic carbocycles. The lowest BCUT2D eigenvalue weighted by atomic mass is 10.0. The highest BCUT2D eigenvalue weighted by Crippen LogP contribution is 2.25. The van der Waals surface area contributed by atoms with Crippen LogP contribution in [-0.2, 0) is 4.79 Å². The van der Waals surface area contributed by atoms with Crippen molar-refractivity contribution in [1.29, 1.82) is 0 Å². The average molecular weight is 269 g/mol. The van der Waals surface area contributed by atoms with Crippen LogP contribution in [0.3, 0.4) is 0 Å². The third-order valence-electron chi connectivity index (χ3n) is 3.06. The minimum atomic E-state index is -0.873. The van der Waals surface area contributed by atoms with Gasteiger partial charge in [-0.15, -0.1) is 0 Å². The largest absolute Gasteiger partial charge is 0.481 e. The van der Waals surface area contributed by atoms with E-state index < -0.39 is 11.9 Å². The van der Waals surface area contributed by atoms with Gasteiger partial charge in [-0.2, -0.15) is 0 Å². The summed E-state index contributed by atoms with van der Waals surface area (Å²) in [5.41, 5.74) is 2.42. The van der Waals surface area contributed by atoms with Crippen molar-refractivity contribution in [2.45, 2.75) is 12.8 Å². The number of oxazole rings is 1. The molecular weight excluding hydrogens is 258 g/mol. The zero-order chi connectivity index (χ0) is 14.1. The first kappa shape index (κ1) is 12.3. The lowest BCUT2D eigenvalue weighted by molar-refractivity contribution is -0.138. The number of hydrogen-bond donors (Lipinski definition) is 1. The SMILES string of the molecule is CC(C(=O)O)c1ccc2oc(-c3cnccn3)nc2c1. The number of rotatable bonds is 3. The maximum absolute atomic E-state index is 11.0. The normalized spacial score (nSPS) is 12.4. The number of nitrogens with zero attached hydrogens (tertiary/aromatic N) is 3. The van der Waals surface area contributed by atoms with Gasteiger partial charge in [0.25, 0.3) is 0 Å². The first-order chi connectivity index (χ1) is 9.65. The Morgan fingerprint density at radius 1 is 1.35 bits per heavy atom. The molecule has 0 aliphatic carbocycles. The van der Waals surface area contributed by atoms with Gasteiger partial charge in [0.15, 0.2) is 5.58 Å². The molecule has 1 N–H and O–H groups in total. The Kier molecular flexibility index (Phi) is 2.90. The van der Waals surface area contributed by atoms with Crippen LogP contribution >= 0.6 is 0 Å². The van der Waals surface area contributed by atoms with Crippen LogP contribution in [0.1, 0.15) is 18.4 Å². The Morgan fingerprint density at radius 3 is 2.90 bits per heavy atom. The van der Waals surface area contributed by atoms with E-state index in [4.69, 9.17) is 9.52 Å². The highest BCUT2D eigenvalue weighted by molar-refractivity contribution is 5.80. The fourth-order valence-corrected chi connectivity index (χ4v) is 1.88. The van der Waals surface area contributed by atoms with Crippen molar-refractivity contribution in [3.8, 4) is 11.6 Å². The summed E-state index contributed by atoms with van der Waals surface area (Å²) in [5, 5.41) is 9.03. The van der Waals surface area contributed by atoms with Crippen LogP contribution in [-0.4, -0.2) is 26.0 Å². The summed E-state index contributed by atoms with van der Waals surface area (Å²) in [5.74, 6) is -1.09. The number of fused-ring (bicyclic) bond motifs is 1. The maximum atomic E-state index is 11.0. The molecular formula is C14H11N3O3. The second-order valence-electron chi connectivity index (χ2n) is 4.40. The summed E-state index contributed by atoms with van der Waals surface area (Å²) >= 11 is 0. The molecule has 0 bridgehead atoms. The molecule has 20 heavy (non-hydrogen) atoms. The number of carboxylic acid groups (broad SMARTS) is 1. The molecule has 100 valence electrons. The van der Waals surface area contributed by atoms with Crippen molar-refractivity contribution in [2.75, 3.05) is 0 Å². The molecule has 1 unspecified atom stereocenters. The van der Waals surface area contributed by atoms with Crippen molar-refractivity contribution in [3.63, 3.8) is 0 Å². The molecule has 0 saturated carbocycles. The molecule has 0 radical (unpaired) electrons. The van der Waals surface area contributed by atoms with E-state index >= 15 is 0 Å². The smallest absolute Gasteiger partial charge is 0.310 e. The zero-order valence-electron chi connectivity index (χ0n) is 10.6. The zero-order valence-corrected chi connectivity index (χ0v) is 10.6. The molecule has 3 aromatic rings. The van der Waals surface area contributed by atoms with E-state index in [0.717, 1.165) is 0 Å². The highest BCUT2D eigenvalue weighted by Gasteiger charge is 2.16. The summed E-state index contributed by atoms with van der Waals surface area (Å²) in [6, 6.07) is 5.17. The first-order valence-electron chi connectivity index (χ1n) is 6.05. The number of aromatic nitrogens is 3. The fraction of sp³-hybridized carbons (Fsp3) is 0.143. The molecule has 0 saturated heterocycles. The van der Waals surface area contributed by atoms with E-state index in [-0.39, 0.29) is 0 Å². The van der Waals surface area contributed by atoms with E-state index in [1.807, 2.05) is 0 Å². The Bertz CT molecular complexity index is 768. The van der Waals surface area contributed by atoms with E-state index in [0.29, 0.717) is 28.2 Å². The minimum Gasteiger partial charge on any atom is -0.481 e. The van der Waals surface area contributed by atoms with Crippen molar-refractivity contribution >= 4 is 17.1 Å². The third-order valence-corrected chi connectivity index (χ3v) is 3.06. The topological polar surface area (TPSA) is 89.1 Å². The van der Waals surface area contributed by atoms with Gasteiger partial charge in [-0.3, -0.25) is 9.78 Å². The second-order valence-corrected chi connectivity index (χ2v) is 4.40.